The highest BCUT2D eigenvalue weighted by Crippen LogP contribution is 2.30. The number of rotatable bonds is 12. The minimum Gasteiger partial charge on any atom is -0.508 e. The van der Waals surface area contributed by atoms with Crippen LogP contribution >= 0.6 is 11.6 Å². The summed E-state index contributed by atoms with van der Waals surface area (Å²) in [6.45, 7) is 0. The number of aromatic hydroxyl groups is 1. The van der Waals surface area contributed by atoms with Gasteiger partial charge in [0.25, 0.3) is 0 Å². The van der Waals surface area contributed by atoms with Crippen LogP contribution in [0.1, 0.15) is 55.6 Å². The van der Waals surface area contributed by atoms with Gasteiger partial charge in [0.2, 0.25) is 29.5 Å². The highest BCUT2D eigenvalue weighted by atomic mass is 35.5. The van der Waals surface area contributed by atoms with Gasteiger partial charge >= 0.3 is 29.8 Å². The first-order valence-corrected chi connectivity index (χ1v) is 31.6. The lowest BCUT2D eigenvalue weighted by Gasteiger charge is -2.07. The molecule has 15 rings (SSSR count). The SMILES string of the molecule is COc1ccc(C=C2N=C(c3ccccc3)OC2=O)cc1OC.O=C1OC(c2ccccc2)=NC1=Cc1ccc(Cl)cc1.O=C1OC(c2ccccc2)=NC1=Cc1ccc(F)cc1.O=C1OC(c2ccccc2)=NC1=Cc1ccc(O)cc1.O=C1OC(c2ccccc2)=NC1=Cc1ccccc1. The van der Waals surface area contributed by atoms with Crippen molar-refractivity contribution in [2.24, 2.45) is 25.0 Å². The molecule has 0 fully saturated rings. The van der Waals surface area contributed by atoms with Gasteiger partial charge in [-0.05, 0) is 167 Å². The summed E-state index contributed by atoms with van der Waals surface area (Å²) >= 11 is 5.82. The van der Waals surface area contributed by atoms with Crippen LogP contribution in [0.2, 0.25) is 5.02 Å². The van der Waals surface area contributed by atoms with Gasteiger partial charge < -0.3 is 38.3 Å². The van der Waals surface area contributed by atoms with Crippen molar-refractivity contribution in [3.8, 4) is 17.2 Å². The number of nitrogens with zero attached hydrogens (tertiary/aromatic N) is 5. The molecule has 18 nitrogen and oxygen atoms in total. The van der Waals surface area contributed by atoms with Gasteiger partial charge in [-0.15, -0.1) is 0 Å². The van der Waals surface area contributed by atoms with Gasteiger partial charge in [-0.25, -0.2) is 53.3 Å². The molecule has 0 atom stereocenters. The van der Waals surface area contributed by atoms with Crippen molar-refractivity contribution >= 4 is 101 Å². The predicted molar refractivity (Wildman–Crippen MR) is 387 cm³/mol. The number of phenols is 1. The van der Waals surface area contributed by atoms with Crippen LogP contribution < -0.4 is 9.47 Å². The summed E-state index contributed by atoms with van der Waals surface area (Å²) in [4.78, 5) is 80.2. The Kier molecular flexibility index (Phi) is 23.1. The number of hydrogen-bond acceptors (Lipinski definition) is 18. The molecule has 0 saturated heterocycles. The Labute approximate surface area is 589 Å². The average molecular weight is 1370 g/mol. The number of methoxy groups -OCH3 is 2. The van der Waals surface area contributed by atoms with E-state index in [0.717, 1.165) is 50.1 Å². The van der Waals surface area contributed by atoms with Crippen LogP contribution in [0.4, 0.5) is 4.39 Å². The molecular formula is C82H57ClFN5O13. The maximum Gasteiger partial charge on any atom is 0.363 e. The topological polar surface area (TPSA) is 232 Å². The summed E-state index contributed by atoms with van der Waals surface area (Å²) in [5, 5.41) is 9.87. The molecule has 10 aromatic rings. The zero-order valence-corrected chi connectivity index (χ0v) is 55.0. The summed E-state index contributed by atoms with van der Waals surface area (Å²) in [6.07, 6.45) is 8.24. The van der Waals surface area contributed by atoms with Crippen LogP contribution in [-0.2, 0) is 47.7 Å². The van der Waals surface area contributed by atoms with E-state index in [0.29, 0.717) is 51.4 Å². The maximum atomic E-state index is 12.8. The van der Waals surface area contributed by atoms with Gasteiger partial charge in [-0.2, -0.15) is 0 Å². The second-order valence-corrected chi connectivity index (χ2v) is 22.2. The van der Waals surface area contributed by atoms with Crippen molar-refractivity contribution in [2.45, 2.75) is 0 Å². The normalized spacial score (nSPS) is 16.0. The van der Waals surface area contributed by atoms with Crippen molar-refractivity contribution < 1.29 is 66.6 Å². The highest BCUT2D eigenvalue weighted by molar-refractivity contribution is 6.30. The first kappa shape index (κ1) is 69.6. The summed E-state index contributed by atoms with van der Waals surface area (Å²) in [5.41, 5.74) is 9.14. The largest absolute Gasteiger partial charge is 0.508 e. The van der Waals surface area contributed by atoms with Crippen molar-refractivity contribution in [2.75, 3.05) is 14.2 Å². The van der Waals surface area contributed by atoms with E-state index in [9.17, 15) is 33.5 Å². The van der Waals surface area contributed by atoms with Gasteiger partial charge in [0.1, 0.15) is 11.6 Å². The van der Waals surface area contributed by atoms with Crippen LogP contribution in [0.3, 0.4) is 0 Å². The fourth-order valence-electron chi connectivity index (χ4n) is 9.54. The molecule has 0 aliphatic carbocycles. The maximum absolute atomic E-state index is 12.8. The molecule has 10 aromatic carbocycles. The second kappa shape index (κ2) is 33.9. The summed E-state index contributed by atoms with van der Waals surface area (Å²) in [5.74, 6) is 0.322. The van der Waals surface area contributed by atoms with E-state index < -0.39 is 29.8 Å². The molecule has 5 aliphatic heterocycles. The van der Waals surface area contributed by atoms with Crippen LogP contribution in [0.15, 0.2) is 326 Å². The second-order valence-electron chi connectivity index (χ2n) is 21.7. The minimum atomic E-state index is -0.506. The molecule has 0 bridgehead atoms. The number of hydrogen-bond donors (Lipinski definition) is 1. The third-order valence-electron chi connectivity index (χ3n) is 14.6. The molecule has 102 heavy (non-hydrogen) atoms. The van der Waals surface area contributed by atoms with Crippen molar-refractivity contribution in [1.82, 2.24) is 0 Å². The Bertz CT molecular complexity index is 4740. The van der Waals surface area contributed by atoms with E-state index in [1.807, 2.05) is 200 Å². The molecule has 5 aliphatic rings. The van der Waals surface area contributed by atoms with E-state index in [4.69, 9.17) is 44.8 Å². The molecule has 20 heteroatoms. The van der Waals surface area contributed by atoms with Gasteiger partial charge in [-0.1, -0.05) is 175 Å². The van der Waals surface area contributed by atoms with Crippen molar-refractivity contribution in [3.63, 3.8) is 0 Å². The minimum absolute atomic E-state index is 0.176. The number of esters is 5. The Hall–Kier alpha value is -13.8. The Morgan fingerprint density at radius 3 is 0.853 bits per heavy atom. The first-order valence-electron chi connectivity index (χ1n) is 31.2. The van der Waals surface area contributed by atoms with Gasteiger partial charge in [-0.3, -0.25) is 0 Å². The van der Waals surface area contributed by atoms with Crippen molar-refractivity contribution in [3.05, 3.63) is 368 Å². The number of aliphatic imine (C=N–C) groups is 5. The monoisotopic (exact) mass is 1370 g/mol. The zero-order chi connectivity index (χ0) is 71.2. The van der Waals surface area contributed by atoms with Gasteiger partial charge in [0.15, 0.2) is 40.0 Å². The number of carbonyl (C=O) groups excluding carboxylic acids is 5. The predicted octanol–water partition coefficient (Wildman–Crippen LogP) is 15.7. The number of cyclic esters (lactones) is 5. The number of benzene rings is 10. The van der Waals surface area contributed by atoms with Crippen molar-refractivity contribution in [1.29, 1.82) is 0 Å². The lowest BCUT2D eigenvalue weighted by atomic mass is 10.1. The van der Waals surface area contributed by atoms with Crippen LogP contribution in [0.25, 0.3) is 30.4 Å². The third-order valence-corrected chi connectivity index (χ3v) is 14.8. The average Bonchev–Trinajstić information content (AvgIpc) is 1.80. The molecule has 0 aromatic heterocycles. The van der Waals surface area contributed by atoms with Crippen LogP contribution in [0.5, 0.6) is 17.2 Å². The Morgan fingerprint density at radius 1 is 0.314 bits per heavy atom. The number of phenolic OH excluding ortho intramolecular Hbond substituents is 1. The summed E-state index contributed by atoms with van der Waals surface area (Å²) < 4.78 is 49.1. The third kappa shape index (κ3) is 19.1. The van der Waals surface area contributed by atoms with E-state index in [1.54, 1.807) is 105 Å². The smallest absolute Gasteiger partial charge is 0.363 e. The fourth-order valence-corrected chi connectivity index (χ4v) is 9.66. The number of ether oxygens (including phenoxy) is 7. The molecule has 5 heterocycles. The van der Waals surface area contributed by atoms with E-state index in [1.165, 1.54) is 12.1 Å². The molecule has 0 radical (unpaired) electrons. The molecule has 0 amide bonds. The quantitative estimate of drug-likeness (QED) is 0.0682. The molecular weight excluding hydrogens is 1320 g/mol. The molecule has 502 valence electrons. The Morgan fingerprint density at radius 2 is 0.559 bits per heavy atom. The summed E-state index contributed by atoms with van der Waals surface area (Å²) in [7, 11) is 3.13. The van der Waals surface area contributed by atoms with E-state index in [2.05, 4.69) is 25.0 Å². The standard InChI is InChI=1S/C18H15NO4.C16H10ClNO2.C16H10FNO2.C16H11NO3.C16H11NO2/c1-21-15-9-8-12(11-16(15)22-2)10-14-18(20)23-17(19-14)13-6-4-3-5-7-13;2*17-13-8-6-11(7-9-13)10-14-16(19)20-15(18-14)12-4-2-1-3-5-12;18-13-8-6-11(7-9-13)10-14-16(19)20-15(17-14)12-4-2-1-3-5-12;18-16-14(11-12-7-3-1-4-8-12)17-15(19-16)13-9-5-2-6-10-13/h3-11H,1-2H3;2*1-10H;1-10,18H;1-11H. The molecule has 0 saturated carbocycles. The highest BCUT2D eigenvalue weighted by Gasteiger charge is 2.28. The fraction of sp³-hybridized carbons (Fsp3) is 0.0244. The molecule has 0 spiro atoms. The molecule has 0 unspecified atom stereocenters. The summed E-state index contributed by atoms with van der Waals surface area (Å²) in [6, 6.07) is 80.8. The lowest BCUT2D eigenvalue weighted by Crippen LogP contribution is -2.04. The number of halogens is 2. The van der Waals surface area contributed by atoms with Crippen LogP contribution in [-0.4, -0.2) is 78.7 Å². The van der Waals surface area contributed by atoms with Crippen LogP contribution in [0, 0.1) is 5.82 Å². The van der Waals surface area contributed by atoms with Gasteiger partial charge in [0.05, 0.1) is 14.2 Å². The molecule has 1 N–H and O–H groups in total. The van der Waals surface area contributed by atoms with E-state index >= 15 is 0 Å². The van der Waals surface area contributed by atoms with E-state index in [-0.39, 0.29) is 40.3 Å². The van der Waals surface area contributed by atoms with Gasteiger partial charge in [0, 0.05) is 32.8 Å². The first-order chi connectivity index (χ1) is 49.7. The Balaban J connectivity index is 0.000000128. The lowest BCUT2D eigenvalue weighted by molar-refractivity contribution is -0.130. The number of carbonyl (C=O) groups is 5. The zero-order valence-electron chi connectivity index (χ0n) is 54.2.